The van der Waals surface area contributed by atoms with Crippen LogP contribution in [-0.4, -0.2) is 13.2 Å². The van der Waals surface area contributed by atoms with E-state index in [0.29, 0.717) is 6.61 Å². The molecule has 0 fully saturated rings. The van der Waals surface area contributed by atoms with Crippen molar-refractivity contribution in [3.8, 4) is 18.1 Å². The molecule has 0 aliphatic carbocycles. The Morgan fingerprint density at radius 3 is 2.47 bits per heavy atom. The maximum Gasteiger partial charge on any atom is 0.119 e. The molecule has 1 aromatic carbocycles. The van der Waals surface area contributed by atoms with Crippen molar-refractivity contribution in [2.24, 2.45) is 0 Å². The molecular weight excluding hydrogens is 186 g/mol. The third kappa shape index (κ3) is 3.30. The molecule has 1 unspecified atom stereocenters. The molecule has 0 heterocycles. The lowest BCUT2D eigenvalue weighted by Gasteiger charge is -2.12. The largest absolute Gasteiger partial charge is 0.494 e. The van der Waals surface area contributed by atoms with Crippen molar-refractivity contribution in [2.75, 3.05) is 13.2 Å². The molecule has 80 valence electrons. The summed E-state index contributed by atoms with van der Waals surface area (Å²) in [5.41, 5.74) is 1.10. The molecule has 0 aliphatic rings. The highest BCUT2D eigenvalue weighted by atomic mass is 16.5. The summed E-state index contributed by atoms with van der Waals surface area (Å²) in [4.78, 5) is 0. The fourth-order valence-corrected chi connectivity index (χ4v) is 1.40. The van der Waals surface area contributed by atoms with E-state index in [-0.39, 0.29) is 6.04 Å². The van der Waals surface area contributed by atoms with Gasteiger partial charge in [-0.1, -0.05) is 25.0 Å². The summed E-state index contributed by atoms with van der Waals surface area (Å²) in [7, 11) is 0. The predicted octanol–water partition coefficient (Wildman–Crippen LogP) is 2.37. The van der Waals surface area contributed by atoms with Crippen LogP contribution in [-0.2, 0) is 0 Å². The lowest BCUT2D eigenvalue weighted by Crippen LogP contribution is -2.18. The molecule has 1 rings (SSSR count). The molecule has 0 amide bonds. The predicted molar refractivity (Wildman–Crippen MR) is 62.9 cm³/mol. The maximum atomic E-state index is 5.44. The van der Waals surface area contributed by atoms with E-state index in [9.17, 15) is 0 Å². The minimum absolute atomic E-state index is 0.00863. The third-order valence-corrected chi connectivity index (χ3v) is 2.10. The molecule has 0 aliphatic heterocycles. The first-order valence-electron chi connectivity index (χ1n) is 5.24. The Hall–Kier alpha value is -1.46. The van der Waals surface area contributed by atoms with Crippen LogP contribution in [0, 0.1) is 12.3 Å². The van der Waals surface area contributed by atoms with Crippen molar-refractivity contribution in [2.45, 2.75) is 19.9 Å². The fraction of sp³-hybridized carbons (Fsp3) is 0.385. The quantitative estimate of drug-likeness (QED) is 0.742. The minimum Gasteiger partial charge on any atom is -0.494 e. The molecule has 1 N–H and O–H groups in total. The first-order valence-corrected chi connectivity index (χ1v) is 5.24. The van der Waals surface area contributed by atoms with Gasteiger partial charge in [-0.2, -0.15) is 0 Å². The van der Waals surface area contributed by atoms with Gasteiger partial charge in [-0.25, -0.2) is 0 Å². The second-order valence-electron chi connectivity index (χ2n) is 3.16. The number of hydrogen-bond donors (Lipinski definition) is 1. The Balaban J connectivity index is 2.74. The molecule has 0 spiro atoms. The van der Waals surface area contributed by atoms with Gasteiger partial charge in [-0.05, 0) is 31.2 Å². The van der Waals surface area contributed by atoms with Crippen LogP contribution >= 0.6 is 0 Å². The highest BCUT2D eigenvalue weighted by molar-refractivity contribution is 5.32. The molecule has 2 nitrogen and oxygen atoms in total. The molecule has 0 radical (unpaired) electrons. The monoisotopic (exact) mass is 203 g/mol. The number of ether oxygens (including phenoxy) is 1. The first kappa shape index (κ1) is 11.6. The van der Waals surface area contributed by atoms with Gasteiger partial charge in [0.1, 0.15) is 5.75 Å². The number of benzene rings is 1. The summed E-state index contributed by atoms with van der Waals surface area (Å²) in [6, 6.07) is 7.88. The molecule has 0 bridgehead atoms. The van der Waals surface area contributed by atoms with Gasteiger partial charge < -0.3 is 10.1 Å². The Morgan fingerprint density at radius 1 is 1.33 bits per heavy atom. The second kappa shape index (κ2) is 6.10. The van der Waals surface area contributed by atoms with Crippen molar-refractivity contribution < 1.29 is 4.74 Å². The van der Waals surface area contributed by atoms with Crippen LogP contribution in [0.25, 0.3) is 0 Å². The highest BCUT2D eigenvalue weighted by Crippen LogP contribution is 2.17. The SMILES string of the molecule is C#CC(NCC)c1ccc(OCC)cc1. The van der Waals surface area contributed by atoms with Gasteiger partial charge in [-0.3, -0.25) is 0 Å². The van der Waals surface area contributed by atoms with Gasteiger partial charge in [0.05, 0.1) is 12.6 Å². The Kier molecular flexibility index (Phi) is 4.73. The molecule has 1 atom stereocenters. The van der Waals surface area contributed by atoms with E-state index in [1.54, 1.807) is 0 Å². The molecule has 2 heteroatoms. The zero-order valence-electron chi connectivity index (χ0n) is 9.29. The summed E-state index contributed by atoms with van der Waals surface area (Å²) in [5.74, 6) is 3.60. The van der Waals surface area contributed by atoms with Crippen LogP contribution in [0.15, 0.2) is 24.3 Å². The van der Waals surface area contributed by atoms with E-state index in [4.69, 9.17) is 11.2 Å². The molecule has 0 aromatic heterocycles. The summed E-state index contributed by atoms with van der Waals surface area (Å²) >= 11 is 0. The normalized spacial score (nSPS) is 11.8. The van der Waals surface area contributed by atoms with Gasteiger partial charge in [0.2, 0.25) is 0 Å². The summed E-state index contributed by atoms with van der Waals surface area (Å²) in [6.07, 6.45) is 5.44. The van der Waals surface area contributed by atoms with Gasteiger partial charge in [0.15, 0.2) is 0 Å². The van der Waals surface area contributed by atoms with Gasteiger partial charge in [0, 0.05) is 0 Å². The molecular formula is C13H17NO. The van der Waals surface area contributed by atoms with Gasteiger partial charge >= 0.3 is 0 Å². The highest BCUT2D eigenvalue weighted by Gasteiger charge is 2.05. The topological polar surface area (TPSA) is 21.3 Å². The van der Waals surface area contributed by atoms with E-state index < -0.39 is 0 Å². The lowest BCUT2D eigenvalue weighted by atomic mass is 10.1. The van der Waals surface area contributed by atoms with Crippen LogP contribution in [0.2, 0.25) is 0 Å². The van der Waals surface area contributed by atoms with E-state index in [1.165, 1.54) is 0 Å². The first-order chi connectivity index (χ1) is 7.31. The van der Waals surface area contributed by atoms with Gasteiger partial charge in [-0.15, -0.1) is 6.42 Å². The van der Waals surface area contributed by atoms with E-state index in [0.717, 1.165) is 17.9 Å². The van der Waals surface area contributed by atoms with Crippen LogP contribution in [0.4, 0.5) is 0 Å². The second-order valence-corrected chi connectivity index (χ2v) is 3.16. The number of nitrogens with one attached hydrogen (secondary N) is 1. The lowest BCUT2D eigenvalue weighted by molar-refractivity contribution is 0.340. The van der Waals surface area contributed by atoms with Crippen LogP contribution in [0.3, 0.4) is 0 Å². The zero-order chi connectivity index (χ0) is 11.1. The number of terminal acetylenes is 1. The van der Waals surface area contributed by atoms with Crippen LogP contribution in [0.5, 0.6) is 5.75 Å². The standard InChI is InChI=1S/C13H17NO/c1-4-13(14-5-2)11-7-9-12(10-8-11)15-6-3/h1,7-10,13-14H,5-6H2,2-3H3. The van der Waals surface area contributed by atoms with Crippen LogP contribution < -0.4 is 10.1 Å². The Morgan fingerprint density at radius 2 is 2.00 bits per heavy atom. The van der Waals surface area contributed by atoms with E-state index >= 15 is 0 Å². The molecule has 1 aromatic rings. The van der Waals surface area contributed by atoms with E-state index in [1.807, 2.05) is 38.1 Å². The average molecular weight is 203 g/mol. The third-order valence-electron chi connectivity index (χ3n) is 2.10. The minimum atomic E-state index is -0.00863. The summed E-state index contributed by atoms with van der Waals surface area (Å²) in [6.45, 7) is 5.56. The molecule has 15 heavy (non-hydrogen) atoms. The maximum absolute atomic E-state index is 5.44. The van der Waals surface area contributed by atoms with Crippen molar-refractivity contribution in [1.29, 1.82) is 0 Å². The number of hydrogen-bond acceptors (Lipinski definition) is 2. The smallest absolute Gasteiger partial charge is 0.119 e. The molecule has 0 saturated heterocycles. The summed E-state index contributed by atoms with van der Waals surface area (Å²) < 4.78 is 5.36. The Bertz CT molecular complexity index is 323. The Labute approximate surface area is 91.6 Å². The number of rotatable bonds is 5. The van der Waals surface area contributed by atoms with Crippen molar-refractivity contribution in [3.63, 3.8) is 0 Å². The average Bonchev–Trinajstić information content (AvgIpc) is 2.28. The van der Waals surface area contributed by atoms with Crippen molar-refractivity contribution >= 4 is 0 Å². The van der Waals surface area contributed by atoms with Crippen molar-refractivity contribution in [1.82, 2.24) is 5.32 Å². The fourth-order valence-electron chi connectivity index (χ4n) is 1.40. The molecule has 0 saturated carbocycles. The van der Waals surface area contributed by atoms with Crippen LogP contribution in [0.1, 0.15) is 25.5 Å². The zero-order valence-corrected chi connectivity index (χ0v) is 9.29. The summed E-state index contributed by atoms with van der Waals surface area (Å²) in [5, 5.41) is 3.22. The van der Waals surface area contributed by atoms with Gasteiger partial charge in [0.25, 0.3) is 0 Å². The van der Waals surface area contributed by atoms with E-state index in [2.05, 4.69) is 11.2 Å². The van der Waals surface area contributed by atoms with Crippen molar-refractivity contribution in [3.05, 3.63) is 29.8 Å².